The molecule has 0 aliphatic carbocycles. The summed E-state index contributed by atoms with van der Waals surface area (Å²) >= 11 is 0. The third-order valence-electron chi connectivity index (χ3n) is 5.20. The van der Waals surface area contributed by atoms with Gasteiger partial charge in [0.2, 0.25) is 5.91 Å². The number of esters is 1. The summed E-state index contributed by atoms with van der Waals surface area (Å²) in [7, 11) is 0. The van der Waals surface area contributed by atoms with E-state index in [2.05, 4.69) is 5.32 Å². The average molecular weight is 433 g/mol. The minimum Gasteiger partial charge on any atom is -0.455 e. The first-order valence-electron chi connectivity index (χ1n) is 9.91. The first-order chi connectivity index (χ1) is 15.4. The van der Waals surface area contributed by atoms with Crippen molar-refractivity contribution in [3.05, 3.63) is 76.8 Å². The van der Waals surface area contributed by atoms with Crippen molar-refractivity contribution in [1.29, 1.82) is 0 Å². The van der Waals surface area contributed by atoms with Gasteiger partial charge >= 0.3 is 5.97 Å². The third-order valence-corrected chi connectivity index (χ3v) is 5.20. The highest BCUT2D eigenvalue weighted by Crippen LogP contribution is 2.32. The summed E-state index contributed by atoms with van der Waals surface area (Å²) in [6.07, 6.45) is -0.00540. The summed E-state index contributed by atoms with van der Waals surface area (Å²) in [5.74, 6) is -2.15. The quantitative estimate of drug-likeness (QED) is 0.362. The number of non-ortho nitro benzene ring substituents is 1. The molecule has 0 saturated carbocycles. The van der Waals surface area contributed by atoms with Crippen LogP contribution in [0.25, 0.3) is 10.8 Å². The molecule has 0 radical (unpaired) electrons. The number of nitro groups is 1. The van der Waals surface area contributed by atoms with E-state index in [1.807, 2.05) is 42.5 Å². The van der Waals surface area contributed by atoms with Crippen molar-refractivity contribution in [2.24, 2.45) is 5.92 Å². The van der Waals surface area contributed by atoms with Gasteiger partial charge in [0.05, 0.1) is 16.5 Å². The standard InChI is InChI=1S/C23H19N3O6/c27-21(24-17-7-4-8-18(12-17)26(30)31)14-32-23(29)16-11-22(28)25(13-16)20-10-3-6-15-5-1-2-9-19(15)20/h1-10,12,16H,11,13-14H2,(H,24,27)/t16-/m1/s1. The Morgan fingerprint density at radius 2 is 1.84 bits per heavy atom. The Morgan fingerprint density at radius 3 is 2.66 bits per heavy atom. The van der Waals surface area contributed by atoms with Crippen LogP contribution in [0.3, 0.4) is 0 Å². The van der Waals surface area contributed by atoms with Crippen molar-refractivity contribution in [1.82, 2.24) is 0 Å². The van der Waals surface area contributed by atoms with E-state index in [9.17, 15) is 24.5 Å². The number of rotatable bonds is 6. The van der Waals surface area contributed by atoms with Gasteiger partial charge in [0.25, 0.3) is 11.6 Å². The maximum absolute atomic E-state index is 12.6. The first-order valence-corrected chi connectivity index (χ1v) is 9.91. The number of hydrogen-bond acceptors (Lipinski definition) is 6. The molecule has 3 aromatic carbocycles. The molecule has 9 heteroatoms. The van der Waals surface area contributed by atoms with Gasteiger partial charge in [0.1, 0.15) is 0 Å². The van der Waals surface area contributed by atoms with Crippen molar-refractivity contribution >= 4 is 45.6 Å². The lowest BCUT2D eigenvalue weighted by molar-refractivity contribution is -0.384. The molecule has 4 rings (SSSR count). The van der Waals surface area contributed by atoms with Crippen LogP contribution >= 0.6 is 0 Å². The Morgan fingerprint density at radius 1 is 1.09 bits per heavy atom. The first kappa shape index (κ1) is 21.0. The number of nitrogens with zero attached hydrogens (tertiary/aromatic N) is 2. The molecule has 1 aliphatic heterocycles. The number of amides is 2. The number of nitro benzene ring substituents is 1. The SMILES string of the molecule is O=C(COC(=O)[C@@H]1CC(=O)N(c2cccc3ccccc23)C1)Nc1cccc([N+](=O)[O-])c1. The van der Waals surface area contributed by atoms with Gasteiger partial charge < -0.3 is 15.0 Å². The topological polar surface area (TPSA) is 119 Å². The molecule has 0 bridgehead atoms. The monoisotopic (exact) mass is 433 g/mol. The van der Waals surface area contributed by atoms with E-state index < -0.39 is 29.3 Å². The van der Waals surface area contributed by atoms with Crippen molar-refractivity contribution < 1.29 is 24.0 Å². The Kier molecular flexibility index (Phi) is 5.80. The molecule has 9 nitrogen and oxygen atoms in total. The van der Waals surface area contributed by atoms with Crippen molar-refractivity contribution in [2.45, 2.75) is 6.42 Å². The van der Waals surface area contributed by atoms with Gasteiger partial charge in [-0.15, -0.1) is 0 Å². The molecule has 1 fully saturated rings. The van der Waals surface area contributed by atoms with Gasteiger partial charge in [0, 0.05) is 36.2 Å². The van der Waals surface area contributed by atoms with Crippen LogP contribution in [-0.2, 0) is 19.1 Å². The number of carbonyl (C=O) groups excluding carboxylic acids is 3. The Hall–Kier alpha value is -4.27. The molecule has 1 heterocycles. The van der Waals surface area contributed by atoms with Crippen LogP contribution in [0.1, 0.15) is 6.42 Å². The summed E-state index contributed by atoms with van der Waals surface area (Å²) in [5.41, 5.74) is 0.781. The molecule has 32 heavy (non-hydrogen) atoms. The van der Waals surface area contributed by atoms with Crippen molar-refractivity contribution in [3.8, 4) is 0 Å². The maximum Gasteiger partial charge on any atom is 0.311 e. The Labute approximate surface area is 182 Å². The van der Waals surface area contributed by atoms with E-state index >= 15 is 0 Å². The lowest BCUT2D eigenvalue weighted by Crippen LogP contribution is -2.28. The van der Waals surface area contributed by atoms with E-state index in [0.717, 1.165) is 16.5 Å². The minimum absolute atomic E-state index is 0.00540. The second kappa shape index (κ2) is 8.84. The van der Waals surface area contributed by atoms with E-state index in [1.165, 1.54) is 24.3 Å². The summed E-state index contributed by atoms with van der Waals surface area (Å²) in [4.78, 5) is 48.9. The number of benzene rings is 3. The smallest absolute Gasteiger partial charge is 0.311 e. The van der Waals surface area contributed by atoms with Gasteiger partial charge in [-0.25, -0.2) is 0 Å². The molecule has 0 unspecified atom stereocenters. The molecular weight excluding hydrogens is 414 g/mol. The molecule has 3 aromatic rings. The number of anilines is 2. The lowest BCUT2D eigenvalue weighted by atomic mass is 10.1. The van der Waals surface area contributed by atoms with Crippen LogP contribution in [0.2, 0.25) is 0 Å². The van der Waals surface area contributed by atoms with E-state index in [1.54, 1.807) is 4.90 Å². The van der Waals surface area contributed by atoms with Crippen LogP contribution < -0.4 is 10.2 Å². The second-order valence-electron chi connectivity index (χ2n) is 7.37. The lowest BCUT2D eigenvalue weighted by Gasteiger charge is -2.18. The Bertz CT molecular complexity index is 1220. The van der Waals surface area contributed by atoms with E-state index in [-0.39, 0.29) is 30.2 Å². The maximum atomic E-state index is 12.6. The van der Waals surface area contributed by atoms with Crippen molar-refractivity contribution in [2.75, 3.05) is 23.4 Å². The van der Waals surface area contributed by atoms with Gasteiger partial charge in [-0.05, 0) is 17.5 Å². The van der Waals surface area contributed by atoms with Crippen LogP contribution in [0.15, 0.2) is 66.7 Å². The Balaban J connectivity index is 1.36. The van der Waals surface area contributed by atoms with Gasteiger partial charge in [-0.2, -0.15) is 0 Å². The van der Waals surface area contributed by atoms with Crippen LogP contribution in [-0.4, -0.2) is 35.9 Å². The summed E-state index contributed by atoms with van der Waals surface area (Å²) in [5, 5.41) is 15.2. The molecule has 1 atom stereocenters. The summed E-state index contributed by atoms with van der Waals surface area (Å²) in [6.45, 7) is -0.390. The fraction of sp³-hybridized carbons (Fsp3) is 0.174. The number of fused-ring (bicyclic) bond motifs is 1. The molecular formula is C23H19N3O6. The summed E-state index contributed by atoms with van der Waals surface area (Å²) in [6, 6.07) is 18.7. The largest absolute Gasteiger partial charge is 0.455 e. The van der Waals surface area contributed by atoms with Crippen LogP contribution in [0, 0.1) is 16.0 Å². The minimum atomic E-state index is -0.688. The normalized spacial score (nSPS) is 15.6. The fourth-order valence-corrected chi connectivity index (χ4v) is 3.69. The highest BCUT2D eigenvalue weighted by atomic mass is 16.6. The zero-order chi connectivity index (χ0) is 22.7. The molecule has 0 aromatic heterocycles. The van der Waals surface area contributed by atoms with E-state index in [4.69, 9.17) is 4.74 Å². The highest BCUT2D eigenvalue weighted by molar-refractivity contribution is 6.06. The zero-order valence-corrected chi connectivity index (χ0v) is 16.9. The fourth-order valence-electron chi connectivity index (χ4n) is 3.69. The summed E-state index contributed by atoms with van der Waals surface area (Å²) < 4.78 is 5.09. The second-order valence-corrected chi connectivity index (χ2v) is 7.37. The predicted octanol–water partition coefficient (Wildman–Crippen LogP) is 3.28. The third kappa shape index (κ3) is 4.41. The highest BCUT2D eigenvalue weighted by Gasteiger charge is 2.36. The number of ether oxygens (including phenoxy) is 1. The van der Waals surface area contributed by atoms with Crippen molar-refractivity contribution in [3.63, 3.8) is 0 Å². The van der Waals surface area contributed by atoms with Crippen LogP contribution in [0.4, 0.5) is 17.1 Å². The number of hydrogen-bond donors (Lipinski definition) is 1. The molecule has 1 aliphatic rings. The number of nitrogens with one attached hydrogen (secondary N) is 1. The van der Waals surface area contributed by atoms with Crippen LogP contribution in [0.5, 0.6) is 0 Å². The van der Waals surface area contributed by atoms with Gasteiger partial charge in [-0.3, -0.25) is 24.5 Å². The van der Waals surface area contributed by atoms with Gasteiger partial charge in [0.15, 0.2) is 6.61 Å². The molecule has 2 amide bonds. The zero-order valence-electron chi connectivity index (χ0n) is 16.9. The molecule has 0 spiro atoms. The molecule has 1 N–H and O–H groups in total. The van der Waals surface area contributed by atoms with Gasteiger partial charge in [-0.1, -0.05) is 42.5 Å². The molecule has 162 valence electrons. The molecule has 1 saturated heterocycles. The predicted molar refractivity (Wildman–Crippen MR) is 117 cm³/mol. The number of carbonyl (C=O) groups is 3. The van der Waals surface area contributed by atoms with E-state index in [0.29, 0.717) is 0 Å². The average Bonchev–Trinajstić information content (AvgIpc) is 3.18.